The maximum Gasteiger partial charge on any atom is 0.398 e. The fraction of sp³-hybridized carbons (Fsp3) is 0.706. The zero-order chi connectivity index (χ0) is 39.7. The Morgan fingerprint density at radius 3 is 2.43 bits per heavy atom. The molecule has 1 aliphatic carbocycles. The molecule has 2 heterocycles. The Morgan fingerprint density at radius 2 is 1.78 bits per heavy atom. The van der Waals surface area contributed by atoms with Gasteiger partial charge in [-0.25, -0.2) is 4.18 Å². The van der Waals surface area contributed by atoms with Gasteiger partial charge >= 0.3 is 10.4 Å². The van der Waals surface area contributed by atoms with Crippen LogP contribution in [0.5, 0.6) is 0 Å². The minimum absolute atomic E-state index is 0.0427. The van der Waals surface area contributed by atoms with Crippen molar-refractivity contribution in [3.63, 3.8) is 0 Å². The summed E-state index contributed by atoms with van der Waals surface area (Å²) in [5, 5.41) is 36.3. The number of ether oxygens (including phenoxy) is 2. The highest BCUT2D eigenvalue weighted by molar-refractivity contribution is 7.80. The number of hydrogen-bond acceptors (Lipinski definition) is 12. The first-order valence-electron chi connectivity index (χ1n) is 18.1. The number of aliphatic hydroxyl groups excluding tert-OH is 3. The van der Waals surface area contributed by atoms with Crippen molar-refractivity contribution in [1.29, 1.82) is 0 Å². The number of fused-ring (bicyclic) bond motifs is 1. The van der Waals surface area contributed by atoms with Gasteiger partial charge in [-0.2, -0.15) is 8.42 Å². The number of nitrogens with two attached hydrogens (primary N) is 2. The Hall–Kier alpha value is -3.14. The van der Waals surface area contributed by atoms with E-state index < -0.39 is 95.6 Å². The fourth-order valence-corrected chi connectivity index (χ4v) is 8.00. The molecule has 54 heavy (non-hydrogen) atoms. The molecule has 5 unspecified atom stereocenters. The Balaban J connectivity index is 1.70. The van der Waals surface area contributed by atoms with Crippen LogP contribution in [0.15, 0.2) is 35.3 Å². The smallest absolute Gasteiger partial charge is 0.388 e. The predicted molar refractivity (Wildman–Crippen MR) is 195 cm³/mol. The van der Waals surface area contributed by atoms with Crippen molar-refractivity contribution < 1.29 is 56.3 Å². The molecule has 1 aromatic carbocycles. The maximum absolute atomic E-state index is 15.1. The van der Waals surface area contributed by atoms with Crippen LogP contribution in [0, 0.1) is 11.8 Å². The summed E-state index contributed by atoms with van der Waals surface area (Å²) in [4.78, 5) is 48.3. The van der Waals surface area contributed by atoms with Crippen molar-refractivity contribution >= 4 is 45.7 Å². The quantitative estimate of drug-likeness (QED) is 0.0306. The maximum atomic E-state index is 15.1. The Bertz CT molecular complexity index is 1550. The van der Waals surface area contributed by atoms with Crippen molar-refractivity contribution in [2.45, 2.75) is 119 Å². The minimum atomic E-state index is -5.18. The summed E-state index contributed by atoms with van der Waals surface area (Å²) in [6, 6.07) is 5.07. The number of nitrogens with one attached hydrogen (secondary N) is 2. The third kappa shape index (κ3) is 11.9. The van der Waals surface area contributed by atoms with Crippen LogP contribution in [0.3, 0.4) is 0 Å². The van der Waals surface area contributed by atoms with Crippen LogP contribution in [0.4, 0.5) is 0 Å². The fourth-order valence-electron chi connectivity index (χ4n) is 7.24. The number of unbranched alkanes of at least 4 members (excludes halogenated alkanes) is 1. The van der Waals surface area contributed by atoms with E-state index in [-0.39, 0.29) is 30.2 Å². The number of benzene rings is 1. The number of aliphatic hydroxyl groups is 3. The van der Waals surface area contributed by atoms with Gasteiger partial charge in [0.25, 0.3) is 5.91 Å². The van der Waals surface area contributed by atoms with Gasteiger partial charge in [0.15, 0.2) is 18.4 Å². The number of halogens is 1. The second-order valence-electron chi connectivity index (χ2n) is 14.3. The molecule has 10 N–H and O–H groups in total. The molecular weight excluding hydrogens is 752 g/mol. The third-order valence-electron chi connectivity index (χ3n) is 9.94. The van der Waals surface area contributed by atoms with E-state index in [1.165, 1.54) is 4.90 Å². The van der Waals surface area contributed by atoms with Crippen molar-refractivity contribution in [3.8, 4) is 0 Å². The Morgan fingerprint density at radius 1 is 1.07 bits per heavy atom. The van der Waals surface area contributed by atoms with Crippen LogP contribution in [0.2, 0.25) is 0 Å². The number of hydrogen-bond donors (Lipinski definition) is 8. The number of likely N-dealkylation sites (tertiary alicyclic amines) is 1. The average Bonchev–Trinajstić information content (AvgIpc) is 3.48. The number of aliphatic imine (C=N–C) groups is 1. The van der Waals surface area contributed by atoms with E-state index in [1.807, 2.05) is 0 Å². The van der Waals surface area contributed by atoms with Crippen LogP contribution >= 0.6 is 11.6 Å². The van der Waals surface area contributed by atoms with Crippen LogP contribution in [0.1, 0.15) is 57.9 Å². The van der Waals surface area contributed by atoms with E-state index in [0.717, 1.165) is 0 Å². The molecule has 20 heteroatoms. The van der Waals surface area contributed by atoms with E-state index in [1.54, 1.807) is 44.2 Å². The lowest BCUT2D eigenvalue weighted by atomic mass is 9.84. The summed E-state index contributed by atoms with van der Waals surface area (Å²) in [6.45, 7) is 3.53. The molecule has 0 radical (unpaired) electrons. The van der Waals surface area contributed by atoms with E-state index in [4.69, 9.17) is 36.7 Å². The van der Waals surface area contributed by atoms with E-state index in [0.29, 0.717) is 50.6 Å². The second-order valence-corrected chi connectivity index (χ2v) is 16.0. The standard InChI is InChI=1S/C34H53ClN6O12S/c1-18(2)29(52-33-28(44)27(43)24(42)17-51-33)26(40-31(46)25(53-54(48,49)50)14-19-8-4-3-5-9-19)32(47)41-22-16-21(35)11-10-20(22)15-23(41)30(45)38-12-6-7-13-39-34(36)37/h3-5,8-9,18,20-29,33,42-44H,6-7,10-17H2,1-2H3,(H,38,45)(H,40,46)(H4,36,37,39)(H,48,49,50)/t20?,21?,22?,23?,24-,25?,26-,27+,28-,29+,33-/m1/s1. The van der Waals surface area contributed by atoms with Crippen LogP contribution in [-0.4, -0.2) is 137 Å². The topological polar surface area (TPSA) is 286 Å². The zero-order valence-corrected chi connectivity index (χ0v) is 31.8. The van der Waals surface area contributed by atoms with Crippen molar-refractivity contribution in [2.75, 3.05) is 19.7 Å². The van der Waals surface area contributed by atoms with Gasteiger partial charge in [-0.15, -0.1) is 11.6 Å². The molecule has 3 amide bonds. The number of amides is 3. The number of rotatable bonds is 17. The molecule has 2 saturated heterocycles. The molecule has 4 rings (SSSR count). The summed E-state index contributed by atoms with van der Waals surface area (Å²) in [6.07, 6.45) is -6.83. The zero-order valence-electron chi connectivity index (χ0n) is 30.3. The van der Waals surface area contributed by atoms with Crippen molar-refractivity contribution in [2.24, 2.45) is 28.3 Å². The molecule has 3 fully saturated rings. The summed E-state index contributed by atoms with van der Waals surface area (Å²) in [7, 11) is -5.18. The summed E-state index contributed by atoms with van der Waals surface area (Å²) < 4.78 is 49.9. The van der Waals surface area contributed by atoms with E-state index in [2.05, 4.69) is 15.6 Å². The summed E-state index contributed by atoms with van der Waals surface area (Å²) >= 11 is 6.62. The molecule has 1 saturated carbocycles. The van der Waals surface area contributed by atoms with Gasteiger partial charge in [0.05, 0.1) is 12.7 Å². The van der Waals surface area contributed by atoms with Crippen molar-refractivity contribution in [3.05, 3.63) is 35.9 Å². The first-order chi connectivity index (χ1) is 25.5. The SMILES string of the molecule is CC(C)[C@H](O[C@H]1OC[C@@H](O)[C@H](O)[C@H]1O)[C@@H](NC(=O)C(Cc1ccccc1)OS(=O)(=O)O)C(=O)N1C(C(=O)NCCCCN=C(N)N)CC2CCC(Cl)CC21. The molecule has 11 atom stereocenters. The minimum Gasteiger partial charge on any atom is -0.388 e. The highest BCUT2D eigenvalue weighted by Crippen LogP contribution is 2.42. The molecule has 0 bridgehead atoms. The molecule has 0 aromatic heterocycles. The largest absolute Gasteiger partial charge is 0.398 e. The number of carbonyl (C=O) groups is 3. The highest BCUT2D eigenvalue weighted by Gasteiger charge is 2.52. The molecule has 0 spiro atoms. The van der Waals surface area contributed by atoms with Gasteiger partial charge in [0.1, 0.15) is 30.4 Å². The summed E-state index contributed by atoms with van der Waals surface area (Å²) in [5.74, 6) is -3.08. The van der Waals surface area contributed by atoms with Crippen LogP contribution in [0.25, 0.3) is 0 Å². The second kappa shape index (κ2) is 19.6. The van der Waals surface area contributed by atoms with Crippen LogP contribution < -0.4 is 22.1 Å². The molecule has 2 aliphatic heterocycles. The lowest BCUT2D eigenvalue weighted by molar-refractivity contribution is -0.288. The average molecular weight is 805 g/mol. The predicted octanol–water partition coefficient (Wildman–Crippen LogP) is -1.07. The van der Waals surface area contributed by atoms with E-state index in [9.17, 15) is 37.9 Å². The molecule has 3 aliphatic rings. The Kier molecular flexibility index (Phi) is 15.8. The molecule has 18 nitrogen and oxygen atoms in total. The lowest BCUT2D eigenvalue weighted by Gasteiger charge is -2.42. The number of nitrogens with zero attached hydrogens (tertiary/aromatic N) is 2. The van der Waals surface area contributed by atoms with Crippen molar-refractivity contribution in [1.82, 2.24) is 15.5 Å². The summed E-state index contributed by atoms with van der Waals surface area (Å²) in [5.41, 5.74) is 11.2. The third-order valence-corrected chi connectivity index (χ3v) is 10.8. The number of alkyl halides is 1. The Labute approximate surface area is 319 Å². The van der Waals surface area contributed by atoms with Gasteiger partial charge < -0.3 is 51.8 Å². The lowest BCUT2D eigenvalue weighted by Crippen LogP contribution is -2.64. The monoisotopic (exact) mass is 804 g/mol. The first kappa shape index (κ1) is 43.6. The number of guanidine groups is 1. The van der Waals surface area contributed by atoms with E-state index >= 15 is 4.79 Å². The van der Waals surface area contributed by atoms with Gasteiger partial charge in [-0.1, -0.05) is 44.2 Å². The molecular formula is C34H53ClN6O12S. The van der Waals surface area contributed by atoms with Crippen LogP contribution in [-0.2, 0) is 44.9 Å². The molecule has 304 valence electrons. The first-order valence-corrected chi connectivity index (χ1v) is 19.9. The van der Waals surface area contributed by atoms with Gasteiger partial charge in [0, 0.05) is 30.9 Å². The highest BCUT2D eigenvalue weighted by atomic mass is 35.5. The normalized spacial score (nSPS) is 28.8. The number of carbonyl (C=O) groups excluding carboxylic acids is 3. The van der Waals surface area contributed by atoms with Gasteiger partial charge in [-0.05, 0) is 55.9 Å². The van der Waals surface area contributed by atoms with Gasteiger partial charge in [-0.3, -0.25) is 23.9 Å². The molecule has 1 aromatic rings. The van der Waals surface area contributed by atoms with Gasteiger partial charge in [0.2, 0.25) is 11.8 Å².